The number of carboxylic acids is 2. The molecule has 6 heterocycles. The largest absolute Gasteiger partial charge is 0.481 e. The topological polar surface area (TPSA) is 174 Å². The molecule has 0 radical (unpaired) electrons. The first kappa shape index (κ1) is 65.5. The lowest BCUT2D eigenvalue weighted by molar-refractivity contribution is -0.142. The number of hydrogen-bond acceptors (Lipinski definition) is 11. The predicted octanol–water partition coefficient (Wildman–Crippen LogP) is 5.53. The first-order valence-electron chi connectivity index (χ1n) is 22.4. The summed E-state index contributed by atoms with van der Waals surface area (Å²) >= 11 is 19.1. The highest BCUT2D eigenvalue weighted by atomic mass is 35.5. The summed E-state index contributed by atoms with van der Waals surface area (Å²) < 4.78 is 0. The van der Waals surface area contributed by atoms with Crippen LogP contribution in [0.4, 0.5) is 0 Å². The van der Waals surface area contributed by atoms with E-state index < -0.39 is 11.9 Å². The summed E-state index contributed by atoms with van der Waals surface area (Å²) in [5, 5.41) is 20.5. The number of rotatable bonds is 6. The predicted molar refractivity (Wildman–Crippen MR) is 259 cm³/mol. The Morgan fingerprint density at radius 1 is 0.524 bits per heavy atom. The van der Waals surface area contributed by atoms with Crippen LogP contribution in [0.1, 0.15) is 80.1 Å². The van der Waals surface area contributed by atoms with Gasteiger partial charge in [-0.25, -0.2) is 0 Å². The van der Waals surface area contributed by atoms with Crippen molar-refractivity contribution in [2.45, 2.75) is 80.1 Å². The normalized spacial score (nSPS) is 24.9. The molecule has 0 saturated carbocycles. The standard InChI is InChI=1S/C12H20N2O2.C8H16N2O.2C6H11NO2.C6H11NO.2C2H6.2CH2Cl2/c1-9(15)10-4-6-14(8-10)12(16)11-3-5-13(2)7-11;1-9(2)8(11)7-4-5-10(3)6-7;2*1-7-3-2-5(4-7)6(8)9;1-5(8)6-2-3-7-4-6;2*1-2;2*2-1-3/h10-11H,3-8H2,1-2H3;7H,4-6H2,1-3H3;2*5H,2-4H2,1H3,(H,8,9);6-7H,2-4H2,1H3;2*1-2H3;2*1H2/t10-,11-;7-;2*5-;6-;;;;/m00000..../s1. The van der Waals surface area contributed by atoms with Crippen molar-refractivity contribution >= 4 is 81.7 Å². The van der Waals surface area contributed by atoms with Gasteiger partial charge in [-0.2, -0.15) is 0 Å². The van der Waals surface area contributed by atoms with E-state index in [1.807, 2.05) is 70.6 Å². The highest BCUT2D eigenvalue weighted by molar-refractivity contribution is 6.41. The smallest absolute Gasteiger partial charge is 0.307 e. The van der Waals surface area contributed by atoms with Crippen LogP contribution in [0.3, 0.4) is 0 Å². The molecule has 63 heavy (non-hydrogen) atoms. The molecule has 3 N–H and O–H groups in total. The summed E-state index contributed by atoms with van der Waals surface area (Å²) in [4.78, 5) is 78.1. The number of carbonyl (C=O) groups is 6. The Kier molecular flexibility index (Phi) is 40.9. The summed E-state index contributed by atoms with van der Waals surface area (Å²) in [6.07, 6.45) is 5.50. The molecule has 0 unspecified atom stereocenters. The quantitative estimate of drug-likeness (QED) is 0.284. The number of carbonyl (C=O) groups excluding carboxylic acids is 4. The van der Waals surface area contributed by atoms with Crippen LogP contribution in [-0.2, 0) is 28.8 Å². The molecule has 0 aromatic heterocycles. The first-order valence-corrected chi connectivity index (χ1v) is 24.5. The van der Waals surface area contributed by atoms with Gasteiger partial charge in [0.15, 0.2) is 0 Å². The molecule has 0 spiro atoms. The molecule has 0 aromatic rings. The summed E-state index contributed by atoms with van der Waals surface area (Å²) in [7, 11) is 11.6. The molecule has 0 aromatic carbocycles. The van der Waals surface area contributed by atoms with Crippen molar-refractivity contribution in [3.05, 3.63) is 0 Å². The Morgan fingerprint density at radius 2 is 0.857 bits per heavy atom. The minimum atomic E-state index is -0.653. The van der Waals surface area contributed by atoms with Gasteiger partial charge in [0.05, 0.1) is 34.3 Å². The maximum absolute atomic E-state index is 12.1. The molecular formula is C44H85Cl4N7O8. The molecule has 0 aliphatic carbocycles. The van der Waals surface area contributed by atoms with Crippen LogP contribution in [0.2, 0.25) is 0 Å². The van der Waals surface area contributed by atoms with Crippen molar-refractivity contribution in [3.8, 4) is 0 Å². The van der Waals surface area contributed by atoms with E-state index in [0.717, 1.165) is 111 Å². The van der Waals surface area contributed by atoms with E-state index in [2.05, 4.69) is 29.2 Å². The zero-order chi connectivity index (χ0) is 49.2. The highest BCUT2D eigenvalue weighted by Gasteiger charge is 2.35. The van der Waals surface area contributed by atoms with Crippen LogP contribution in [0.5, 0.6) is 0 Å². The van der Waals surface area contributed by atoms with Crippen molar-refractivity contribution in [2.75, 3.05) is 132 Å². The second kappa shape index (κ2) is 39.4. The molecule has 0 bridgehead atoms. The number of hydrogen-bond donors (Lipinski definition) is 3. The van der Waals surface area contributed by atoms with Crippen molar-refractivity contribution < 1.29 is 39.0 Å². The molecule has 6 rings (SSSR count). The number of aliphatic carboxylic acids is 2. The second-order valence-corrected chi connectivity index (χ2v) is 17.9. The van der Waals surface area contributed by atoms with Gasteiger partial charge in [0, 0.05) is 71.7 Å². The Labute approximate surface area is 400 Å². The van der Waals surface area contributed by atoms with Gasteiger partial charge in [0.1, 0.15) is 11.6 Å². The number of halogens is 4. The minimum absolute atomic E-state index is 0.0862. The molecule has 2 amide bonds. The number of nitrogens with zero attached hydrogens (tertiary/aromatic N) is 6. The van der Waals surface area contributed by atoms with E-state index in [9.17, 15) is 28.8 Å². The number of alkyl halides is 4. The fraction of sp³-hybridized carbons (Fsp3) is 0.864. The number of carboxylic acid groups (broad SMARTS) is 2. The van der Waals surface area contributed by atoms with Crippen LogP contribution in [0.15, 0.2) is 0 Å². The Morgan fingerprint density at radius 3 is 1.08 bits per heavy atom. The van der Waals surface area contributed by atoms with Gasteiger partial charge in [-0.15, -0.1) is 46.4 Å². The third-order valence-corrected chi connectivity index (χ3v) is 11.1. The third-order valence-electron chi connectivity index (χ3n) is 11.1. The van der Waals surface area contributed by atoms with Gasteiger partial charge in [-0.3, -0.25) is 28.8 Å². The number of nitrogens with one attached hydrogen (secondary N) is 1. The monoisotopic (exact) mass is 980 g/mol. The average Bonchev–Trinajstić information content (AvgIpc) is 4.10. The molecule has 6 atom stereocenters. The molecule has 19 heteroatoms. The molecule has 15 nitrogen and oxygen atoms in total. The van der Waals surface area contributed by atoms with Crippen LogP contribution in [-0.4, -0.2) is 206 Å². The van der Waals surface area contributed by atoms with Crippen molar-refractivity contribution in [1.29, 1.82) is 0 Å². The van der Waals surface area contributed by atoms with Crippen molar-refractivity contribution in [2.24, 2.45) is 35.5 Å². The maximum Gasteiger partial charge on any atom is 0.307 e. The third kappa shape index (κ3) is 30.2. The molecule has 372 valence electrons. The van der Waals surface area contributed by atoms with E-state index in [0.29, 0.717) is 18.2 Å². The summed E-state index contributed by atoms with van der Waals surface area (Å²) in [5.74, 6) is 0.351. The Hall–Kier alpha value is -1.82. The van der Waals surface area contributed by atoms with Crippen molar-refractivity contribution in [1.82, 2.24) is 34.7 Å². The maximum atomic E-state index is 12.1. The molecule has 6 aliphatic heterocycles. The van der Waals surface area contributed by atoms with Gasteiger partial charge in [0.25, 0.3) is 0 Å². The number of Topliss-reactive ketones (excluding diaryl/α,β-unsaturated/α-hetero) is 2. The van der Waals surface area contributed by atoms with Gasteiger partial charge in [0.2, 0.25) is 11.8 Å². The Bertz CT molecular complexity index is 1240. The van der Waals surface area contributed by atoms with Gasteiger partial charge in [-0.1, -0.05) is 27.7 Å². The zero-order valence-corrected chi connectivity index (χ0v) is 43.7. The zero-order valence-electron chi connectivity index (χ0n) is 40.6. The number of ketones is 2. The average molecular weight is 982 g/mol. The van der Waals surface area contributed by atoms with Gasteiger partial charge < -0.3 is 44.9 Å². The van der Waals surface area contributed by atoms with Crippen LogP contribution in [0.25, 0.3) is 0 Å². The fourth-order valence-corrected chi connectivity index (χ4v) is 7.46. The summed E-state index contributed by atoms with van der Waals surface area (Å²) in [6.45, 7) is 21.8. The number of likely N-dealkylation sites (tertiary alicyclic amines) is 5. The SMILES string of the molecule is CC.CC.CC(=O)[C@H]1CCN(C(=O)[C@H]2CCN(C)C2)C1.CC(=O)[C@H]1CCNC1.CN1CC[C@H](C(=O)N(C)C)C1.CN1CC[C@H](C(=O)O)C1.CN1CC[C@H](C(=O)O)C1.ClCCl.ClCCl. The molecule has 6 aliphatic rings. The lowest BCUT2D eigenvalue weighted by Crippen LogP contribution is -2.36. The fourth-order valence-electron chi connectivity index (χ4n) is 7.46. The van der Waals surface area contributed by atoms with Crippen LogP contribution >= 0.6 is 46.4 Å². The highest BCUT2D eigenvalue weighted by Crippen LogP contribution is 2.23. The van der Waals surface area contributed by atoms with Crippen molar-refractivity contribution in [3.63, 3.8) is 0 Å². The molecule has 6 fully saturated rings. The van der Waals surface area contributed by atoms with E-state index >= 15 is 0 Å². The van der Waals surface area contributed by atoms with E-state index in [4.69, 9.17) is 56.6 Å². The van der Waals surface area contributed by atoms with E-state index in [1.165, 1.54) is 0 Å². The van der Waals surface area contributed by atoms with Gasteiger partial charge >= 0.3 is 11.9 Å². The lowest BCUT2D eigenvalue weighted by atomic mass is 10.1. The molecular weight excluding hydrogens is 896 g/mol. The second-order valence-electron chi connectivity index (χ2n) is 16.3. The van der Waals surface area contributed by atoms with Crippen LogP contribution in [0, 0.1) is 35.5 Å². The van der Waals surface area contributed by atoms with Crippen LogP contribution < -0.4 is 5.32 Å². The lowest BCUT2D eigenvalue weighted by Gasteiger charge is -2.20. The summed E-state index contributed by atoms with van der Waals surface area (Å²) in [6, 6.07) is 0. The van der Waals surface area contributed by atoms with E-state index in [-0.39, 0.29) is 57.9 Å². The van der Waals surface area contributed by atoms with E-state index in [1.54, 1.807) is 18.7 Å². The van der Waals surface area contributed by atoms with Gasteiger partial charge in [-0.05, 0) is 113 Å². The Balaban J connectivity index is -0.000000691. The minimum Gasteiger partial charge on any atom is -0.481 e. The molecule has 6 saturated heterocycles. The summed E-state index contributed by atoms with van der Waals surface area (Å²) in [5.41, 5.74) is 0. The number of amides is 2. The first-order chi connectivity index (χ1) is 29.7.